The van der Waals surface area contributed by atoms with Crippen LogP contribution in [-0.2, 0) is 6.42 Å². The fourth-order valence-corrected chi connectivity index (χ4v) is 2.22. The number of rotatable bonds is 7. The van der Waals surface area contributed by atoms with E-state index in [-0.39, 0.29) is 10.6 Å². The quantitative estimate of drug-likeness (QED) is 0.597. The lowest BCUT2D eigenvalue weighted by atomic mass is 9.96. The molecule has 4 nitrogen and oxygen atoms in total. The van der Waals surface area contributed by atoms with Gasteiger partial charge in [-0.25, -0.2) is 0 Å². The Labute approximate surface area is 109 Å². The standard InChI is InChI=1S/C14H22N2O2/c1-11(2)13(15-3)9-6-8-12-7-4-5-10-14(12)16(17)18/h4-5,7,10-11,13,15H,6,8-9H2,1-3H3. The molecule has 4 heteroatoms. The Balaban J connectivity index is 2.56. The van der Waals surface area contributed by atoms with Crippen LogP contribution in [0.5, 0.6) is 0 Å². The van der Waals surface area contributed by atoms with E-state index in [1.54, 1.807) is 12.1 Å². The van der Waals surface area contributed by atoms with Crippen LogP contribution in [-0.4, -0.2) is 18.0 Å². The summed E-state index contributed by atoms with van der Waals surface area (Å²) >= 11 is 0. The molecule has 18 heavy (non-hydrogen) atoms. The average molecular weight is 250 g/mol. The maximum Gasteiger partial charge on any atom is 0.272 e. The summed E-state index contributed by atoms with van der Waals surface area (Å²) in [5.41, 5.74) is 1.07. The van der Waals surface area contributed by atoms with Gasteiger partial charge in [0.1, 0.15) is 0 Å². The first kappa shape index (κ1) is 14.6. The van der Waals surface area contributed by atoms with E-state index in [0.29, 0.717) is 12.0 Å². The summed E-state index contributed by atoms with van der Waals surface area (Å²) in [7, 11) is 1.97. The predicted octanol–water partition coefficient (Wildman–Crippen LogP) is 3.16. The van der Waals surface area contributed by atoms with Crippen LogP contribution in [0.15, 0.2) is 24.3 Å². The molecule has 1 unspecified atom stereocenters. The number of aryl methyl sites for hydroxylation is 1. The number of nitro benzene ring substituents is 1. The molecule has 1 aromatic rings. The number of nitro groups is 1. The van der Waals surface area contributed by atoms with Gasteiger partial charge in [-0.15, -0.1) is 0 Å². The number of benzene rings is 1. The van der Waals surface area contributed by atoms with E-state index in [2.05, 4.69) is 19.2 Å². The van der Waals surface area contributed by atoms with Gasteiger partial charge in [0.25, 0.3) is 5.69 Å². The van der Waals surface area contributed by atoms with Gasteiger partial charge in [0.05, 0.1) is 4.92 Å². The maximum atomic E-state index is 10.9. The summed E-state index contributed by atoms with van der Waals surface area (Å²) in [6.45, 7) is 4.37. The molecule has 0 saturated carbocycles. The van der Waals surface area contributed by atoms with Crippen molar-refractivity contribution in [2.45, 2.75) is 39.2 Å². The SMILES string of the molecule is CNC(CCCc1ccccc1[N+](=O)[O-])C(C)C. The fraction of sp³-hybridized carbons (Fsp3) is 0.571. The van der Waals surface area contributed by atoms with Crippen molar-refractivity contribution in [3.8, 4) is 0 Å². The summed E-state index contributed by atoms with van der Waals surface area (Å²) in [5.74, 6) is 0.584. The van der Waals surface area contributed by atoms with Crippen LogP contribution < -0.4 is 5.32 Å². The van der Waals surface area contributed by atoms with Gasteiger partial charge in [0, 0.05) is 17.7 Å². The first-order valence-corrected chi connectivity index (χ1v) is 6.45. The Hall–Kier alpha value is -1.42. The Bertz CT molecular complexity index is 391. The lowest BCUT2D eigenvalue weighted by Gasteiger charge is -2.19. The summed E-state index contributed by atoms with van der Waals surface area (Å²) in [6.07, 6.45) is 2.77. The molecular weight excluding hydrogens is 228 g/mol. The van der Waals surface area contributed by atoms with Crippen LogP contribution in [0, 0.1) is 16.0 Å². The average Bonchev–Trinajstić information content (AvgIpc) is 2.34. The first-order chi connectivity index (χ1) is 8.56. The lowest BCUT2D eigenvalue weighted by Crippen LogP contribution is -2.30. The maximum absolute atomic E-state index is 10.9. The van der Waals surface area contributed by atoms with E-state index in [9.17, 15) is 10.1 Å². The molecule has 0 aliphatic rings. The van der Waals surface area contributed by atoms with E-state index in [0.717, 1.165) is 24.8 Å². The molecule has 1 aromatic carbocycles. The van der Waals surface area contributed by atoms with Gasteiger partial charge < -0.3 is 5.32 Å². The third kappa shape index (κ3) is 4.11. The molecule has 0 spiro atoms. The van der Waals surface area contributed by atoms with Crippen molar-refractivity contribution >= 4 is 5.69 Å². The summed E-state index contributed by atoms with van der Waals surface area (Å²) in [4.78, 5) is 10.6. The zero-order valence-corrected chi connectivity index (χ0v) is 11.3. The highest BCUT2D eigenvalue weighted by Gasteiger charge is 2.14. The van der Waals surface area contributed by atoms with Crippen LogP contribution in [0.1, 0.15) is 32.3 Å². The molecule has 0 heterocycles. The van der Waals surface area contributed by atoms with Gasteiger partial charge in [0.15, 0.2) is 0 Å². The molecule has 0 amide bonds. The summed E-state index contributed by atoms with van der Waals surface area (Å²) in [5, 5.41) is 14.2. The van der Waals surface area contributed by atoms with Crippen molar-refractivity contribution in [3.63, 3.8) is 0 Å². The summed E-state index contributed by atoms with van der Waals surface area (Å²) < 4.78 is 0. The van der Waals surface area contributed by atoms with Crippen LogP contribution in [0.4, 0.5) is 5.69 Å². The van der Waals surface area contributed by atoms with Crippen molar-refractivity contribution in [2.24, 2.45) is 5.92 Å². The Morgan fingerprint density at radius 3 is 2.56 bits per heavy atom. The van der Waals surface area contributed by atoms with E-state index >= 15 is 0 Å². The smallest absolute Gasteiger partial charge is 0.272 e. The van der Waals surface area contributed by atoms with E-state index < -0.39 is 0 Å². The number of hydrogen-bond donors (Lipinski definition) is 1. The van der Waals surface area contributed by atoms with Gasteiger partial charge in [-0.1, -0.05) is 32.0 Å². The highest BCUT2D eigenvalue weighted by Crippen LogP contribution is 2.20. The molecular formula is C14H22N2O2. The second-order valence-electron chi connectivity index (χ2n) is 4.92. The monoisotopic (exact) mass is 250 g/mol. The van der Waals surface area contributed by atoms with Gasteiger partial charge in [0.2, 0.25) is 0 Å². The van der Waals surface area contributed by atoms with Crippen molar-refractivity contribution in [1.82, 2.24) is 5.32 Å². The molecule has 0 fully saturated rings. The minimum Gasteiger partial charge on any atom is -0.317 e. The van der Waals surface area contributed by atoms with Crippen molar-refractivity contribution in [2.75, 3.05) is 7.05 Å². The molecule has 1 rings (SSSR count). The molecule has 0 aliphatic carbocycles. The molecule has 0 radical (unpaired) electrons. The third-order valence-electron chi connectivity index (χ3n) is 3.33. The number of nitrogens with one attached hydrogen (secondary N) is 1. The summed E-state index contributed by atoms with van der Waals surface area (Å²) in [6, 6.07) is 7.48. The second kappa shape index (κ2) is 7.11. The second-order valence-corrected chi connectivity index (χ2v) is 4.92. The number of nitrogens with zero attached hydrogens (tertiary/aromatic N) is 1. The van der Waals surface area contributed by atoms with E-state index in [1.165, 1.54) is 0 Å². The molecule has 0 bridgehead atoms. The van der Waals surface area contributed by atoms with Gasteiger partial charge in [-0.2, -0.15) is 0 Å². The molecule has 1 N–H and O–H groups in total. The Morgan fingerprint density at radius 2 is 2.00 bits per heavy atom. The molecule has 0 aliphatic heterocycles. The topological polar surface area (TPSA) is 55.2 Å². The Kier molecular flexibility index (Phi) is 5.78. The largest absolute Gasteiger partial charge is 0.317 e. The van der Waals surface area contributed by atoms with Crippen molar-refractivity contribution < 1.29 is 4.92 Å². The van der Waals surface area contributed by atoms with Crippen molar-refractivity contribution in [1.29, 1.82) is 0 Å². The van der Waals surface area contributed by atoms with Crippen LogP contribution in [0.2, 0.25) is 0 Å². The van der Waals surface area contributed by atoms with Gasteiger partial charge in [-0.05, 0) is 32.2 Å². The van der Waals surface area contributed by atoms with Crippen molar-refractivity contribution in [3.05, 3.63) is 39.9 Å². The van der Waals surface area contributed by atoms with Crippen LogP contribution >= 0.6 is 0 Å². The van der Waals surface area contributed by atoms with E-state index in [4.69, 9.17) is 0 Å². The highest BCUT2D eigenvalue weighted by molar-refractivity contribution is 5.39. The number of hydrogen-bond acceptors (Lipinski definition) is 3. The third-order valence-corrected chi connectivity index (χ3v) is 3.33. The fourth-order valence-electron chi connectivity index (χ4n) is 2.22. The lowest BCUT2D eigenvalue weighted by molar-refractivity contribution is -0.385. The van der Waals surface area contributed by atoms with E-state index in [1.807, 2.05) is 19.2 Å². The van der Waals surface area contributed by atoms with Crippen LogP contribution in [0.25, 0.3) is 0 Å². The number of para-hydroxylation sites is 1. The molecule has 1 atom stereocenters. The predicted molar refractivity (Wildman–Crippen MR) is 73.7 cm³/mol. The minimum absolute atomic E-state index is 0.239. The van der Waals surface area contributed by atoms with Gasteiger partial charge >= 0.3 is 0 Å². The molecule has 100 valence electrons. The Morgan fingerprint density at radius 1 is 1.33 bits per heavy atom. The highest BCUT2D eigenvalue weighted by atomic mass is 16.6. The van der Waals surface area contributed by atoms with Crippen LogP contribution in [0.3, 0.4) is 0 Å². The molecule has 0 aromatic heterocycles. The van der Waals surface area contributed by atoms with Gasteiger partial charge in [-0.3, -0.25) is 10.1 Å². The normalized spacial score (nSPS) is 12.7. The molecule has 0 saturated heterocycles. The first-order valence-electron chi connectivity index (χ1n) is 6.45. The zero-order chi connectivity index (χ0) is 13.5. The zero-order valence-electron chi connectivity index (χ0n) is 11.3. The minimum atomic E-state index is -0.298.